The van der Waals surface area contributed by atoms with Crippen LogP contribution in [0.3, 0.4) is 0 Å². The fourth-order valence-corrected chi connectivity index (χ4v) is 4.35. The van der Waals surface area contributed by atoms with Gasteiger partial charge < -0.3 is 22.0 Å². The van der Waals surface area contributed by atoms with E-state index in [9.17, 15) is 9.50 Å². The van der Waals surface area contributed by atoms with Gasteiger partial charge in [0.05, 0.1) is 5.69 Å². The van der Waals surface area contributed by atoms with Gasteiger partial charge in [0.2, 0.25) is 0 Å². The Kier molecular flexibility index (Phi) is 7.06. The van der Waals surface area contributed by atoms with E-state index in [1.807, 2.05) is 0 Å². The van der Waals surface area contributed by atoms with Gasteiger partial charge in [-0.1, -0.05) is 12.1 Å². The van der Waals surface area contributed by atoms with Crippen LogP contribution in [0.1, 0.15) is 24.1 Å². The number of nitrogens with zero attached hydrogens (tertiary/aromatic N) is 1. The Morgan fingerprint density at radius 1 is 1.10 bits per heavy atom. The van der Waals surface area contributed by atoms with E-state index in [4.69, 9.17) is 16.9 Å². The molecule has 1 aliphatic heterocycles. The summed E-state index contributed by atoms with van der Waals surface area (Å²) >= 11 is 2.07. The molecule has 29 heavy (non-hydrogen) atoms. The number of hydrogen-bond acceptors (Lipinski definition) is 6. The molecular weight excluding hydrogens is 387 g/mol. The van der Waals surface area contributed by atoms with Gasteiger partial charge in [0.1, 0.15) is 11.6 Å². The molecule has 1 fully saturated rings. The van der Waals surface area contributed by atoms with E-state index in [-0.39, 0.29) is 12.4 Å². The van der Waals surface area contributed by atoms with Crippen LogP contribution in [0, 0.1) is 11.2 Å². The number of thioether (sulfide) groups is 1. The van der Waals surface area contributed by atoms with E-state index in [0.29, 0.717) is 34.6 Å². The number of aromatic nitrogens is 1. The second-order valence-electron chi connectivity index (χ2n) is 6.79. The number of halogens is 1. The smallest absolute Gasteiger partial charge is 0.131 e. The zero-order valence-corrected chi connectivity index (χ0v) is 16.9. The number of anilines is 2. The average Bonchev–Trinajstić information content (AvgIpc) is 3.30. The van der Waals surface area contributed by atoms with Gasteiger partial charge in [-0.3, -0.25) is 0 Å². The summed E-state index contributed by atoms with van der Waals surface area (Å²) in [5.41, 5.74) is 15.1. The van der Waals surface area contributed by atoms with Gasteiger partial charge in [0.25, 0.3) is 0 Å². The lowest BCUT2D eigenvalue weighted by atomic mass is 9.94. The summed E-state index contributed by atoms with van der Waals surface area (Å²) < 4.78 is 13.3. The minimum atomic E-state index is -0.334. The highest BCUT2D eigenvalue weighted by atomic mass is 32.2. The van der Waals surface area contributed by atoms with Crippen LogP contribution in [0.4, 0.5) is 15.9 Å². The van der Waals surface area contributed by atoms with Gasteiger partial charge in [-0.25, -0.2) is 9.37 Å². The summed E-state index contributed by atoms with van der Waals surface area (Å²) in [5, 5.41) is 18.3. The van der Waals surface area contributed by atoms with Crippen molar-refractivity contribution in [2.24, 2.45) is 0 Å². The summed E-state index contributed by atoms with van der Waals surface area (Å²) in [6, 6.07) is 9.51. The third kappa shape index (κ3) is 4.86. The molecule has 1 saturated heterocycles. The molecule has 6 N–H and O–H groups in total. The number of hydrogen-bond donors (Lipinski definition) is 4. The highest BCUT2D eigenvalue weighted by molar-refractivity contribution is 7.99. The fourth-order valence-electron chi connectivity index (χ4n) is 3.33. The average molecular weight is 413 g/mol. The van der Waals surface area contributed by atoms with Crippen LogP contribution in [0.25, 0.3) is 21.9 Å². The first-order valence-electron chi connectivity index (χ1n) is 9.51. The molecule has 0 atom stereocenters. The Bertz CT molecular complexity index is 996. The van der Waals surface area contributed by atoms with Gasteiger partial charge >= 0.3 is 0 Å². The Hall–Kier alpha value is -2.64. The topological polar surface area (TPSA) is 109 Å². The van der Waals surface area contributed by atoms with E-state index >= 15 is 0 Å². The zero-order chi connectivity index (χ0) is 20.8. The molecule has 2 heterocycles. The molecule has 0 amide bonds. The maximum absolute atomic E-state index is 13.3. The quantitative estimate of drug-likeness (QED) is 0.378. The van der Waals surface area contributed by atoms with Crippen molar-refractivity contribution in [1.82, 2.24) is 4.98 Å². The number of nitrogen functional groups attached to an aromatic ring is 2. The number of aliphatic hydroxyl groups is 1. The predicted octanol–water partition coefficient (Wildman–Crippen LogP) is 4.25. The van der Waals surface area contributed by atoms with Crippen molar-refractivity contribution >= 4 is 40.3 Å². The Balaban J connectivity index is 0.000000419. The van der Waals surface area contributed by atoms with Crippen LogP contribution in [-0.2, 0) is 6.42 Å². The lowest BCUT2D eigenvalue weighted by Crippen LogP contribution is -2.05. The molecule has 0 aliphatic carbocycles. The molecule has 7 heteroatoms. The standard InChI is InChI=1S/C18H17FN4O.C4H8S/c19-12-3-1-10(2-4-12)17-13-7-11(9-20)15(21)8-14(13)18(22)23-16(17)5-6-24;1-2-4-5-3-1/h1-4,7-9,20,24H,5-6,21H2,(H2,22,23);1-4H2. The molecule has 4 rings (SSSR count). The number of nitrogens with two attached hydrogens (primary N) is 2. The minimum Gasteiger partial charge on any atom is -0.398 e. The number of benzene rings is 2. The van der Waals surface area contributed by atoms with Gasteiger partial charge in [-0.15, -0.1) is 0 Å². The predicted molar refractivity (Wildman–Crippen MR) is 121 cm³/mol. The van der Waals surface area contributed by atoms with Crippen LogP contribution in [-0.4, -0.2) is 34.4 Å². The normalized spacial score (nSPS) is 13.2. The minimum absolute atomic E-state index is 0.0848. The lowest BCUT2D eigenvalue weighted by Gasteiger charge is -2.15. The van der Waals surface area contributed by atoms with Crippen molar-refractivity contribution in [1.29, 1.82) is 5.41 Å². The first-order chi connectivity index (χ1) is 14.0. The first kappa shape index (κ1) is 21.1. The molecule has 1 aliphatic rings. The van der Waals surface area contributed by atoms with Crippen LogP contribution in [0.5, 0.6) is 0 Å². The van der Waals surface area contributed by atoms with Crippen molar-refractivity contribution in [3.8, 4) is 11.1 Å². The number of pyridine rings is 1. The maximum Gasteiger partial charge on any atom is 0.131 e. The number of aliphatic hydroxyl groups excluding tert-OH is 1. The van der Waals surface area contributed by atoms with Crippen molar-refractivity contribution in [2.45, 2.75) is 19.3 Å². The molecule has 0 unspecified atom stereocenters. The third-order valence-electron chi connectivity index (χ3n) is 4.78. The molecule has 152 valence electrons. The summed E-state index contributed by atoms with van der Waals surface area (Å²) in [6.07, 6.45) is 4.41. The van der Waals surface area contributed by atoms with Crippen molar-refractivity contribution in [3.63, 3.8) is 0 Å². The largest absolute Gasteiger partial charge is 0.398 e. The highest BCUT2D eigenvalue weighted by Crippen LogP contribution is 2.36. The van der Waals surface area contributed by atoms with Crippen LogP contribution in [0.2, 0.25) is 0 Å². The van der Waals surface area contributed by atoms with Crippen LogP contribution < -0.4 is 11.5 Å². The van der Waals surface area contributed by atoms with E-state index in [1.54, 1.807) is 24.3 Å². The molecule has 3 aromatic rings. The van der Waals surface area contributed by atoms with Gasteiger partial charge in [0.15, 0.2) is 0 Å². The van der Waals surface area contributed by atoms with E-state index in [0.717, 1.165) is 16.5 Å². The van der Waals surface area contributed by atoms with E-state index in [1.165, 1.54) is 42.7 Å². The summed E-state index contributed by atoms with van der Waals surface area (Å²) in [6.45, 7) is -0.0848. The maximum atomic E-state index is 13.3. The number of nitrogens with one attached hydrogen (secondary N) is 1. The first-order valence-corrected chi connectivity index (χ1v) is 10.7. The molecular formula is C22H25FN4OS. The van der Waals surface area contributed by atoms with Crippen LogP contribution >= 0.6 is 11.8 Å². The SMILES string of the molecule is C1CCSC1.N=Cc1cc2c(-c3ccc(F)cc3)c(CCO)nc(N)c2cc1N. The molecule has 0 radical (unpaired) electrons. The van der Waals surface area contributed by atoms with Crippen molar-refractivity contribution in [3.05, 3.63) is 53.5 Å². The van der Waals surface area contributed by atoms with Gasteiger partial charge in [-0.05, 0) is 59.6 Å². The molecule has 0 saturated carbocycles. The summed E-state index contributed by atoms with van der Waals surface area (Å²) in [5.74, 6) is 2.81. The van der Waals surface area contributed by atoms with E-state index < -0.39 is 0 Å². The molecule has 0 spiro atoms. The molecule has 2 aromatic carbocycles. The second-order valence-corrected chi connectivity index (χ2v) is 8.01. The van der Waals surface area contributed by atoms with Gasteiger partial charge in [0, 0.05) is 41.4 Å². The summed E-state index contributed by atoms with van der Waals surface area (Å²) in [4.78, 5) is 4.40. The van der Waals surface area contributed by atoms with E-state index in [2.05, 4.69) is 16.7 Å². The monoisotopic (exact) mass is 412 g/mol. The lowest BCUT2D eigenvalue weighted by molar-refractivity contribution is 0.298. The number of fused-ring (bicyclic) bond motifs is 1. The molecule has 1 aromatic heterocycles. The highest BCUT2D eigenvalue weighted by Gasteiger charge is 2.16. The zero-order valence-electron chi connectivity index (χ0n) is 16.1. The van der Waals surface area contributed by atoms with Crippen molar-refractivity contribution in [2.75, 3.05) is 29.6 Å². The fraction of sp³-hybridized carbons (Fsp3) is 0.273. The van der Waals surface area contributed by atoms with Gasteiger partial charge in [-0.2, -0.15) is 11.8 Å². The Morgan fingerprint density at radius 3 is 2.34 bits per heavy atom. The number of rotatable bonds is 4. The van der Waals surface area contributed by atoms with Crippen LogP contribution in [0.15, 0.2) is 36.4 Å². The Labute approximate surface area is 173 Å². The molecule has 5 nitrogen and oxygen atoms in total. The molecule has 0 bridgehead atoms. The second kappa shape index (κ2) is 9.71. The third-order valence-corrected chi connectivity index (χ3v) is 5.93. The Morgan fingerprint density at radius 2 is 1.79 bits per heavy atom. The summed E-state index contributed by atoms with van der Waals surface area (Å²) in [7, 11) is 0. The van der Waals surface area contributed by atoms with Crippen molar-refractivity contribution < 1.29 is 9.50 Å².